The number of rotatable bonds is 8. The molecular weight excluding hydrogens is 467 g/mol. The van der Waals surface area contributed by atoms with Gasteiger partial charge in [-0.05, 0) is 30.2 Å². The van der Waals surface area contributed by atoms with E-state index < -0.39 is 0 Å². The van der Waals surface area contributed by atoms with E-state index in [0.717, 1.165) is 23.4 Å². The van der Waals surface area contributed by atoms with Crippen molar-refractivity contribution < 1.29 is 9.53 Å². The Hall–Kier alpha value is -2.29. The average Bonchev–Trinajstić information content (AvgIpc) is 2.69. The largest absolute Gasteiger partial charge is 0.489 e. The molecule has 0 atom stereocenters. The fourth-order valence-electron chi connectivity index (χ4n) is 2.30. The van der Waals surface area contributed by atoms with Crippen molar-refractivity contribution in [2.45, 2.75) is 20.1 Å². The number of amides is 1. The molecule has 152 valence electrons. The number of hydrogen-bond acceptors (Lipinski definition) is 3. The zero-order chi connectivity index (χ0) is 19.5. The zero-order valence-electron chi connectivity index (χ0n) is 16.6. The van der Waals surface area contributed by atoms with Gasteiger partial charge in [-0.1, -0.05) is 42.5 Å². The molecule has 0 heterocycles. The van der Waals surface area contributed by atoms with Crippen molar-refractivity contribution in [1.29, 1.82) is 0 Å². The van der Waals surface area contributed by atoms with Crippen molar-refractivity contribution in [2.75, 3.05) is 27.2 Å². The second-order valence-electron chi connectivity index (χ2n) is 6.26. The summed E-state index contributed by atoms with van der Waals surface area (Å²) in [6.45, 7) is 3.95. The molecule has 28 heavy (non-hydrogen) atoms. The first-order valence-electron chi connectivity index (χ1n) is 9.06. The summed E-state index contributed by atoms with van der Waals surface area (Å²) in [5.41, 5.74) is 2.17. The van der Waals surface area contributed by atoms with E-state index in [9.17, 15) is 4.79 Å². The highest BCUT2D eigenvalue weighted by Gasteiger charge is 2.05. The lowest BCUT2D eigenvalue weighted by atomic mass is 10.2. The molecule has 0 saturated heterocycles. The molecule has 0 aliphatic rings. The number of halogens is 1. The SMILES string of the molecule is CCNC(=NCc1cccc(OCc2ccccc2)c1)NCC(=O)N(C)C.I. The number of carbonyl (C=O) groups excluding carboxylic acids is 1. The highest BCUT2D eigenvalue weighted by atomic mass is 127. The molecule has 0 aromatic heterocycles. The molecule has 2 aromatic carbocycles. The standard InChI is InChI=1S/C21H28N4O2.HI/c1-4-22-21(24-15-20(26)25(2)3)23-14-18-11-8-12-19(13-18)27-16-17-9-6-5-7-10-17;/h5-13H,4,14-16H2,1-3H3,(H2,22,23,24);1H. The molecule has 0 aliphatic heterocycles. The second-order valence-corrected chi connectivity index (χ2v) is 6.26. The third kappa shape index (κ3) is 8.60. The van der Waals surface area contributed by atoms with E-state index in [1.54, 1.807) is 19.0 Å². The van der Waals surface area contributed by atoms with Crippen LogP contribution in [-0.2, 0) is 17.9 Å². The molecule has 2 N–H and O–H groups in total. The third-order valence-corrected chi connectivity index (χ3v) is 3.82. The number of benzene rings is 2. The van der Waals surface area contributed by atoms with Crippen LogP contribution in [0.15, 0.2) is 59.6 Å². The molecule has 6 nitrogen and oxygen atoms in total. The Morgan fingerprint density at radius 1 is 1.04 bits per heavy atom. The summed E-state index contributed by atoms with van der Waals surface area (Å²) in [6.07, 6.45) is 0. The average molecular weight is 496 g/mol. The first kappa shape index (κ1) is 23.7. The number of carbonyl (C=O) groups is 1. The quantitative estimate of drug-likeness (QED) is 0.335. The lowest BCUT2D eigenvalue weighted by Crippen LogP contribution is -2.42. The first-order chi connectivity index (χ1) is 13.1. The summed E-state index contributed by atoms with van der Waals surface area (Å²) < 4.78 is 5.86. The summed E-state index contributed by atoms with van der Waals surface area (Å²) in [7, 11) is 3.46. The molecule has 0 bridgehead atoms. The predicted molar refractivity (Wildman–Crippen MR) is 124 cm³/mol. The lowest BCUT2D eigenvalue weighted by molar-refractivity contribution is -0.127. The molecule has 1 amide bonds. The Labute approximate surface area is 184 Å². The van der Waals surface area contributed by atoms with Crippen molar-refractivity contribution in [2.24, 2.45) is 4.99 Å². The van der Waals surface area contributed by atoms with Crippen molar-refractivity contribution in [3.63, 3.8) is 0 Å². The summed E-state index contributed by atoms with van der Waals surface area (Å²) in [5.74, 6) is 1.42. The van der Waals surface area contributed by atoms with Gasteiger partial charge in [-0.15, -0.1) is 24.0 Å². The Morgan fingerprint density at radius 2 is 1.75 bits per heavy atom. The van der Waals surface area contributed by atoms with E-state index in [2.05, 4.69) is 15.6 Å². The van der Waals surface area contributed by atoms with Gasteiger partial charge in [0.1, 0.15) is 12.4 Å². The minimum Gasteiger partial charge on any atom is -0.489 e. The molecule has 7 heteroatoms. The predicted octanol–water partition coefficient (Wildman–Crippen LogP) is 3.03. The van der Waals surface area contributed by atoms with E-state index in [1.165, 1.54) is 0 Å². The number of guanidine groups is 1. The Balaban J connectivity index is 0.00000392. The van der Waals surface area contributed by atoms with E-state index in [1.807, 2.05) is 61.5 Å². The van der Waals surface area contributed by atoms with E-state index >= 15 is 0 Å². The Kier molecular flexibility index (Phi) is 11.0. The molecule has 2 rings (SSSR count). The summed E-state index contributed by atoms with van der Waals surface area (Å²) in [4.78, 5) is 17.8. The van der Waals surface area contributed by atoms with Crippen LogP contribution in [0.4, 0.5) is 0 Å². The maximum atomic E-state index is 11.7. The minimum absolute atomic E-state index is 0. The van der Waals surface area contributed by atoms with Crippen molar-refractivity contribution in [3.05, 3.63) is 65.7 Å². The number of nitrogens with zero attached hydrogens (tertiary/aromatic N) is 2. The van der Waals surface area contributed by atoms with Crippen LogP contribution in [0, 0.1) is 0 Å². The van der Waals surface area contributed by atoms with E-state index in [-0.39, 0.29) is 36.4 Å². The number of hydrogen-bond donors (Lipinski definition) is 2. The topological polar surface area (TPSA) is 66.0 Å². The fraction of sp³-hybridized carbons (Fsp3) is 0.333. The Bertz CT molecular complexity index is 751. The molecule has 0 unspecified atom stereocenters. The van der Waals surface area contributed by atoms with Crippen LogP contribution in [0.3, 0.4) is 0 Å². The highest BCUT2D eigenvalue weighted by Crippen LogP contribution is 2.16. The van der Waals surface area contributed by atoms with Gasteiger partial charge in [0.25, 0.3) is 0 Å². The molecule has 0 radical (unpaired) electrons. The molecule has 0 saturated carbocycles. The minimum atomic E-state index is -0.00286. The van der Waals surface area contributed by atoms with Crippen LogP contribution in [-0.4, -0.2) is 44.0 Å². The number of nitrogens with one attached hydrogen (secondary N) is 2. The Morgan fingerprint density at radius 3 is 2.43 bits per heavy atom. The summed E-state index contributed by atoms with van der Waals surface area (Å²) in [5, 5.41) is 6.20. The highest BCUT2D eigenvalue weighted by molar-refractivity contribution is 14.0. The van der Waals surface area contributed by atoms with Gasteiger partial charge in [0, 0.05) is 20.6 Å². The molecule has 2 aromatic rings. The van der Waals surface area contributed by atoms with Gasteiger partial charge in [0.2, 0.25) is 5.91 Å². The van der Waals surface area contributed by atoms with Gasteiger partial charge in [-0.3, -0.25) is 4.79 Å². The zero-order valence-corrected chi connectivity index (χ0v) is 19.0. The number of likely N-dealkylation sites (N-methyl/N-ethyl adjacent to an activating group) is 1. The van der Waals surface area contributed by atoms with Gasteiger partial charge in [-0.25, -0.2) is 4.99 Å². The lowest BCUT2D eigenvalue weighted by Gasteiger charge is -2.14. The van der Waals surface area contributed by atoms with Crippen LogP contribution in [0.25, 0.3) is 0 Å². The van der Waals surface area contributed by atoms with Gasteiger partial charge >= 0.3 is 0 Å². The first-order valence-corrected chi connectivity index (χ1v) is 9.06. The van der Waals surface area contributed by atoms with Gasteiger partial charge in [0.05, 0.1) is 13.1 Å². The molecular formula is C21H29IN4O2. The second kappa shape index (κ2) is 13.0. The van der Waals surface area contributed by atoms with E-state index in [0.29, 0.717) is 19.1 Å². The molecule has 0 spiro atoms. The van der Waals surface area contributed by atoms with Gasteiger partial charge < -0.3 is 20.3 Å². The molecule has 0 fully saturated rings. The van der Waals surface area contributed by atoms with E-state index in [4.69, 9.17) is 4.74 Å². The van der Waals surface area contributed by atoms with Gasteiger partial charge in [0.15, 0.2) is 5.96 Å². The third-order valence-electron chi connectivity index (χ3n) is 3.82. The smallest absolute Gasteiger partial charge is 0.241 e. The number of aliphatic imine (C=N–C) groups is 1. The maximum Gasteiger partial charge on any atom is 0.241 e. The van der Waals surface area contributed by atoms with Crippen LogP contribution in [0.1, 0.15) is 18.1 Å². The summed E-state index contributed by atoms with van der Waals surface area (Å²) >= 11 is 0. The van der Waals surface area contributed by atoms with Crippen molar-refractivity contribution in [1.82, 2.24) is 15.5 Å². The van der Waals surface area contributed by atoms with Crippen LogP contribution < -0.4 is 15.4 Å². The van der Waals surface area contributed by atoms with Crippen LogP contribution >= 0.6 is 24.0 Å². The fourth-order valence-corrected chi connectivity index (χ4v) is 2.30. The van der Waals surface area contributed by atoms with Crippen LogP contribution in [0.5, 0.6) is 5.75 Å². The normalized spacial score (nSPS) is 10.6. The van der Waals surface area contributed by atoms with Crippen molar-refractivity contribution >= 4 is 35.8 Å². The van der Waals surface area contributed by atoms with Gasteiger partial charge in [-0.2, -0.15) is 0 Å². The van der Waals surface area contributed by atoms with Crippen molar-refractivity contribution in [3.8, 4) is 5.75 Å². The number of ether oxygens (including phenoxy) is 1. The summed E-state index contributed by atoms with van der Waals surface area (Å²) in [6, 6.07) is 18.0. The molecule has 0 aliphatic carbocycles. The maximum absolute atomic E-state index is 11.7. The monoisotopic (exact) mass is 496 g/mol. The van der Waals surface area contributed by atoms with Crippen LogP contribution in [0.2, 0.25) is 0 Å².